The van der Waals surface area contributed by atoms with Crippen molar-refractivity contribution < 1.29 is 0 Å². The molecular formula is C20H20ClN3. The van der Waals surface area contributed by atoms with Crippen molar-refractivity contribution in [3.8, 4) is 0 Å². The molecule has 0 bridgehead atoms. The number of rotatable bonds is 4. The average molecular weight is 338 g/mol. The average Bonchev–Trinajstić information content (AvgIpc) is 3.04. The second kappa shape index (κ2) is 6.80. The molecule has 1 fully saturated rings. The Morgan fingerprint density at radius 3 is 2.83 bits per heavy atom. The molecular weight excluding hydrogens is 318 g/mol. The lowest BCUT2D eigenvalue weighted by atomic mass is 10.1. The largest absolute Gasteiger partial charge is 0.381 e. The zero-order valence-electron chi connectivity index (χ0n) is 13.5. The minimum Gasteiger partial charge on any atom is -0.381 e. The molecule has 1 saturated heterocycles. The van der Waals surface area contributed by atoms with E-state index in [0.717, 1.165) is 24.7 Å². The molecule has 4 heteroatoms. The van der Waals surface area contributed by atoms with Crippen LogP contribution >= 0.6 is 11.6 Å². The number of hydrogen-bond acceptors (Lipinski definition) is 3. The summed E-state index contributed by atoms with van der Waals surface area (Å²) < 4.78 is 0. The van der Waals surface area contributed by atoms with E-state index in [2.05, 4.69) is 51.6 Å². The summed E-state index contributed by atoms with van der Waals surface area (Å²) >= 11 is 5.96. The minimum atomic E-state index is 0.497. The molecule has 3 aromatic rings. The fraction of sp³-hybridized carbons (Fsp3) is 0.250. The van der Waals surface area contributed by atoms with Crippen LogP contribution < -0.4 is 5.32 Å². The standard InChI is InChI=1S/C20H20ClN3/c21-18-4-1-15(2-5-18)13-24-10-8-20(14-24)23-19-6-3-17-12-22-9-7-16(17)11-19/h1-7,9,11-12,20,23H,8,10,13-14H2/t20-/m1/s1. The number of hydrogen-bond donors (Lipinski definition) is 1. The van der Waals surface area contributed by atoms with Gasteiger partial charge in [0.25, 0.3) is 0 Å². The summed E-state index contributed by atoms with van der Waals surface area (Å²) in [5.74, 6) is 0. The van der Waals surface area contributed by atoms with E-state index >= 15 is 0 Å². The van der Waals surface area contributed by atoms with E-state index in [9.17, 15) is 0 Å². The van der Waals surface area contributed by atoms with Crippen molar-refractivity contribution in [3.63, 3.8) is 0 Å². The van der Waals surface area contributed by atoms with Crippen molar-refractivity contribution in [1.82, 2.24) is 9.88 Å². The van der Waals surface area contributed by atoms with E-state index in [1.807, 2.05) is 24.5 Å². The maximum absolute atomic E-state index is 5.96. The first-order valence-corrected chi connectivity index (χ1v) is 8.71. The lowest BCUT2D eigenvalue weighted by Crippen LogP contribution is -2.25. The highest BCUT2D eigenvalue weighted by atomic mass is 35.5. The van der Waals surface area contributed by atoms with Crippen LogP contribution in [0.1, 0.15) is 12.0 Å². The van der Waals surface area contributed by atoms with Crippen molar-refractivity contribution in [3.05, 3.63) is 71.5 Å². The fourth-order valence-corrected chi connectivity index (χ4v) is 3.48. The van der Waals surface area contributed by atoms with Crippen molar-refractivity contribution in [2.45, 2.75) is 19.0 Å². The van der Waals surface area contributed by atoms with Crippen LogP contribution in [0.25, 0.3) is 10.8 Å². The van der Waals surface area contributed by atoms with Gasteiger partial charge < -0.3 is 5.32 Å². The van der Waals surface area contributed by atoms with Crippen LogP contribution in [-0.4, -0.2) is 29.0 Å². The predicted molar refractivity (Wildman–Crippen MR) is 100 cm³/mol. The maximum Gasteiger partial charge on any atom is 0.0406 e. The number of anilines is 1. The van der Waals surface area contributed by atoms with E-state index < -0.39 is 0 Å². The summed E-state index contributed by atoms with van der Waals surface area (Å²) in [6.07, 6.45) is 4.92. The Balaban J connectivity index is 1.38. The third-order valence-corrected chi connectivity index (χ3v) is 4.86. The van der Waals surface area contributed by atoms with E-state index in [-0.39, 0.29) is 0 Å². The topological polar surface area (TPSA) is 28.2 Å². The quantitative estimate of drug-likeness (QED) is 0.755. The van der Waals surface area contributed by atoms with Gasteiger partial charge in [-0.2, -0.15) is 0 Å². The van der Waals surface area contributed by atoms with Crippen LogP contribution in [0.3, 0.4) is 0 Å². The van der Waals surface area contributed by atoms with Gasteiger partial charge in [0.15, 0.2) is 0 Å². The van der Waals surface area contributed by atoms with Gasteiger partial charge in [-0.05, 0) is 47.7 Å². The summed E-state index contributed by atoms with van der Waals surface area (Å²) in [6.45, 7) is 3.17. The fourth-order valence-electron chi connectivity index (χ4n) is 3.35. The van der Waals surface area contributed by atoms with E-state index in [0.29, 0.717) is 6.04 Å². The van der Waals surface area contributed by atoms with Gasteiger partial charge in [-0.15, -0.1) is 0 Å². The van der Waals surface area contributed by atoms with Crippen LogP contribution in [0.4, 0.5) is 5.69 Å². The molecule has 0 radical (unpaired) electrons. The first-order chi connectivity index (χ1) is 11.8. The second-order valence-electron chi connectivity index (χ2n) is 6.43. The predicted octanol–water partition coefficient (Wildman–Crippen LogP) is 4.57. The Labute approximate surface area is 147 Å². The van der Waals surface area contributed by atoms with Gasteiger partial charge in [-0.1, -0.05) is 29.8 Å². The summed E-state index contributed by atoms with van der Waals surface area (Å²) in [5.41, 5.74) is 2.50. The molecule has 0 amide bonds. The van der Waals surface area contributed by atoms with Crippen molar-refractivity contribution in [2.75, 3.05) is 18.4 Å². The van der Waals surface area contributed by atoms with Crippen molar-refractivity contribution in [1.29, 1.82) is 0 Å². The summed E-state index contributed by atoms with van der Waals surface area (Å²) in [7, 11) is 0. The molecule has 0 saturated carbocycles. The molecule has 122 valence electrons. The summed E-state index contributed by atoms with van der Waals surface area (Å²) in [6, 6.07) is 17.2. The highest BCUT2D eigenvalue weighted by Crippen LogP contribution is 2.22. The number of benzene rings is 2. The van der Waals surface area contributed by atoms with Gasteiger partial charge in [-0.3, -0.25) is 9.88 Å². The van der Waals surface area contributed by atoms with Crippen molar-refractivity contribution in [2.24, 2.45) is 0 Å². The maximum atomic E-state index is 5.96. The third kappa shape index (κ3) is 3.53. The Hall–Kier alpha value is -2.10. The Morgan fingerprint density at radius 2 is 1.96 bits per heavy atom. The number of aromatic nitrogens is 1. The molecule has 1 aromatic heterocycles. The number of likely N-dealkylation sites (tertiary alicyclic amines) is 1. The van der Waals surface area contributed by atoms with Crippen LogP contribution in [0.2, 0.25) is 5.02 Å². The Kier molecular flexibility index (Phi) is 4.37. The molecule has 1 N–H and O–H groups in total. The van der Waals surface area contributed by atoms with E-state index in [1.165, 1.54) is 28.4 Å². The molecule has 0 unspecified atom stereocenters. The first-order valence-electron chi connectivity index (χ1n) is 8.33. The highest BCUT2D eigenvalue weighted by molar-refractivity contribution is 6.30. The van der Waals surface area contributed by atoms with E-state index in [1.54, 1.807) is 0 Å². The molecule has 4 rings (SSSR count). The first kappa shape index (κ1) is 15.4. The molecule has 1 aliphatic heterocycles. The lowest BCUT2D eigenvalue weighted by Gasteiger charge is -2.18. The van der Waals surface area contributed by atoms with Gasteiger partial charge in [0, 0.05) is 54.2 Å². The Bertz CT molecular complexity index is 832. The zero-order valence-corrected chi connectivity index (χ0v) is 14.2. The second-order valence-corrected chi connectivity index (χ2v) is 6.87. The van der Waals surface area contributed by atoms with Gasteiger partial charge in [-0.25, -0.2) is 0 Å². The smallest absolute Gasteiger partial charge is 0.0406 e. The highest BCUT2D eigenvalue weighted by Gasteiger charge is 2.22. The number of pyridine rings is 1. The van der Waals surface area contributed by atoms with Gasteiger partial charge in [0.2, 0.25) is 0 Å². The van der Waals surface area contributed by atoms with Gasteiger partial charge in [0.1, 0.15) is 0 Å². The minimum absolute atomic E-state index is 0.497. The van der Waals surface area contributed by atoms with Crippen LogP contribution in [0, 0.1) is 0 Å². The normalized spacial score (nSPS) is 18.1. The summed E-state index contributed by atoms with van der Waals surface area (Å²) in [5, 5.41) is 6.88. The Morgan fingerprint density at radius 1 is 1.08 bits per heavy atom. The molecule has 0 spiro atoms. The number of fused-ring (bicyclic) bond motifs is 1. The molecule has 2 aromatic carbocycles. The molecule has 0 aliphatic carbocycles. The molecule has 1 atom stereocenters. The van der Waals surface area contributed by atoms with Gasteiger partial charge >= 0.3 is 0 Å². The molecule has 2 heterocycles. The zero-order chi connectivity index (χ0) is 16.4. The van der Waals surface area contributed by atoms with Crippen molar-refractivity contribution >= 4 is 28.1 Å². The summed E-state index contributed by atoms with van der Waals surface area (Å²) in [4.78, 5) is 6.66. The van der Waals surface area contributed by atoms with Gasteiger partial charge in [0.05, 0.1) is 0 Å². The molecule has 3 nitrogen and oxygen atoms in total. The molecule has 1 aliphatic rings. The van der Waals surface area contributed by atoms with E-state index in [4.69, 9.17) is 11.6 Å². The van der Waals surface area contributed by atoms with Crippen LogP contribution in [0.15, 0.2) is 60.9 Å². The van der Waals surface area contributed by atoms with Crippen LogP contribution in [0.5, 0.6) is 0 Å². The number of halogens is 1. The van der Waals surface area contributed by atoms with Crippen LogP contribution in [-0.2, 0) is 6.54 Å². The lowest BCUT2D eigenvalue weighted by molar-refractivity contribution is 0.328. The monoisotopic (exact) mass is 337 g/mol. The number of nitrogens with one attached hydrogen (secondary N) is 1. The number of nitrogens with zero attached hydrogens (tertiary/aromatic N) is 2. The third-order valence-electron chi connectivity index (χ3n) is 4.60. The SMILES string of the molecule is Clc1ccc(CN2CC[C@@H](Nc3ccc4cnccc4c3)C2)cc1. The molecule has 24 heavy (non-hydrogen) atoms.